The van der Waals surface area contributed by atoms with Crippen LogP contribution in [0.4, 0.5) is 5.69 Å². The molecule has 3 N–H and O–H groups in total. The average Bonchev–Trinajstić information content (AvgIpc) is 2.85. The molecule has 0 fully saturated rings. The molecule has 1 aliphatic heterocycles. The number of carbonyl (C=O) groups is 1. The van der Waals surface area contributed by atoms with Gasteiger partial charge in [-0.2, -0.15) is 0 Å². The van der Waals surface area contributed by atoms with Gasteiger partial charge in [0.1, 0.15) is 11.4 Å². The predicted molar refractivity (Wildman–Crippen MR) is 81.6 cm³/mol. The van der Waals surface area contributed by atoms with E-state index in [1.165, 1.54) is 0 Å². The summed E-state index contributed by atoms with van der Waals surface area (Å²) in [5.74, 6) is 0.647. The van der Waals surface area contributed by atoms with Gasteiger partial charge in [-0.3, -0.25) is 4.79 Å². The first kappa shape index (κ1) is 14.4. The lowest BCUT2D eigenvalue weighted by atomic mass is 9.89. The molecule has 0 radical (unpaired) electrons. The summed E-state index contributed by atoms with van der Waals surface area (Å²) in [7, 11) is 0. The van der Waals surface area contributed by atoms with Crippen molar-refractivity contribution in [3.8, 4) is 5.75 Å². The van der Waals surface area contributed by atoms with Gasteiger partial charge in [0.05, 0.1) is 11.7 Å². The highest BCUT2D eigenvalue weighted by Gasteiger charge is 2.35. The van der Waals surface area contributed by atoms with Crippen LogP contribution in [0.2, 0.25) is 0 Å². The summed E-state index contributed by atoms with van der Waals surface area (Å²) >= 11 is 0. The Morgan fingerprint density at radius 1 is 1.41 bits per heavy atom. The van der Waals surface area contributed by atoms with E-state index < -0.39 is 0 Å². The summed E-state index contributed by atoms with van der Waals surface area (Å²) in [6.45, 7) is 5.75. The molecule has 1 aromatic carbocycles. The minimum atomic E-state index is -0.377. The largest absolute Gasteiger partial charge is 0.487 e. The van der Waals surface area contributed by atoms with Gasteiger partial charge >= 0.3 is 0 Å². The van der Waals surface area contributed by atoms with Gasteiger partial charge < -0.3 is 20.3 Å². The lowest BCUT2D eigenvalue weighted by molar-refractivity contribution is 0.0609. The number of amides is 1. The Labute approximate surface area is 128 Å². The maximum atomic E-state index is 12.3. The third kappa shape index (κ3) is 2.77. The van der Waals surface area contributed by atoms with Crippen LogP contribution in [0.15, 0.2) is 28.8 Å². The fourth-order valence-electron chi connectivity index (χ4n) is 2.70. The number of rotatable bonds is 2. The third-order valence-electron chi connectivity index (χ3n) is 3.65. The second-order valence-electron chi connectivity index (χ2n) is 6.22. The Morgan fingerprint density at radius 3 is 2.86 bits per heavy atom. The van der Waals surface area contributed by atoms with Crippen molar-refractivity contribution in [2.24, 2.45) is 0 Å². The molecule has 2 heterocycles. The van der Waals surface area contributed by atoms with E-state index in [0.717, 1.165) is 11.3 Å². The number of nitrogen functional groups attached to an aromatic ring is 1. The fraction of sp³-hybridized carbons (Fsp3) is 0.375. The topological polar surface area (TPSA) is 90.4 Å². The zero-order valence-corrected chi connectivity index (χ0v) is 12.8. The number of aryl methyl sites for hydroxylation is 1. The monoisotopic (exact) mass is 301 g/mol. The van der Waals surface area contributed by atoms with Crippen LogP contribution < -0.4 is 15.8 Å². The number of anilines is 1. The van der Waals surface area contributed by atoms with Crippen LogP contribution in [0.25, 0.3) is 0 Å². The number of fused-ring (bicyclic) bond motifs is 1. The Balaban J connectivity index is 1.90. The standard InChI is InChI=1S/C16H19N3O3/c1-9-6-14(22-19-9)15(20)18-12-8-16(2,3)21-13-5-4-10(17)7-11(12)13/h4-7,12H,8,17H2,1-3H3,(H,18,20). The molecular weight excluding hydrogens is 282 g/mol. The van der Waals surface area contributed by atoms with E-state index in [1.54, 1.807) is 19.1 Å². The highest BCUT2D eigenvalue weighted by atomic mass is 16.5. The third-order valence-corrected chi connectivity index (χ3v) is 3.65. The fourth-order valence-corrected chi connectivity index (χ4v) is 2.70. The minimum Gasteiger partial charge on any atom is -0.487 e. The van der Waals surface area contributed by atoms with Crippen molar-refractivity contribution < 1.29 is 14.1 Å². The predicted octanol–water partition coefficient (Wildman–Crippen LogP) is 2.60. The van der Waals surface area contributed by atoms with Crippen molar-refractivity contribution in [3.05, 3.63) is 41.3 Å². The zero-order chi connectivity index (χ0) is 15.9. The van der Waals surface area contributed by atoms with Gasteiger partial charge in [-0.1, -0.05) is 5.16 Å². The highest BCUT2D eigenvalue weighted by molar-refractivity contribution is 5.91. The van der Waals surface area contributed by atoms with Crippen molar-refractivity contribution in [2.45, 2.75) is 38.8 Å². The number of ether oxygens (including phenoxy) is 1. The van der Waals surface area contributed by atoms with Crippen molar-refractivity contribution in [1.29, 1.82) is 0 Å². The molecule has 0 spiro atoms. The Hall–Kier alpha value is -2.50. The van der Waals surface area contributed by atoms with Crippen LogP contribution in [0.5, 0.6) is 5.75 Å². The van der Waals surface area contributed by atoms with Gasteiger partial charge in [-0.15, -0.1) is 0 Å². The molecule has 1 unspecified atom stereocenters. The summed E-state index contributed by atoms with van der Waals surface area (Å²) < 4.78 is 11.0. The summed E-state index contributed by atoms with van der Waals surface area (Å²) in [4.78, 5) is 12.3. The molecule has 116 valence electrons. The first-order chi connectivity index (χ1) is 10.3. The van der Waals surface area contributed by atoms with Gasteiger partial charge in [-0.25, -0.2) is 0 Å². The van der Waals surface area contributed by atoms with Crippen LogP contribution in [-0.4, -0.2) is 16.7 Å². The summed E-state index contributed by atoms with van der Waals surface area (Å²) in [6, 6.07) is 6.88. The van der Waals surface area contributed by atoms with E-state index in [1.807, 2.05) is 26.0 Å². The Morgan fingerprint density at radius 2 is 2.18 bits per heavy atom. The van der Waals surface area contributed by atoms with Crippen molar-refractivity contribution in [2.75, 3.05) is 5.73 Å². The van der Waals surface area contributed by atoms with Gasteiger partial charge in [0.25, 0.3) is 5.91 Å². The first-order valence-electron chi connectivity index (χ1n) is 7.17. The Bertz CT molecular complexity index is 721. The minimum absolute atomic E-state index is 0.194. The highest BCUT2D eigenvalue weighted by Crippen LogP contribution is 2.40. The van der Waals surface area contributed by atoms with Crippen LogP contribution in [0.3, 0.4) is 0 Å². The second-order valence-corrected chi connectivity index (χ2v) is 6.22. The number of nitrogens with one attached hydrogen (secondary N) is 1. The second kappa shape index (κ2) is 5.05. The molecule has 1 aromatic heterocycles. The molecule has 3 rings (SSSR count). The van der Waals surface area contributed by atoms with Gasteiger partial charge in [0.15, 0.2) is 0 Å². The molecule has 6 heteroatoms. The first-order valence-corrected chi connectivity index (χ1v) is 7.17. The van der Waals surface area contributed by atoms with Crippen LogP contribution in [-0.2, 0) is 0 Å². The molecule has 6 nitrogen and oxygen atoms in total. The van der Waals surface area contributed by atoms with Crippen molar-refractivity contribution >= 4 is 11.6 Å². The lowest BCUT2D eigenvalue weighted by Crippen LogP contribution is -2.41. The van der Waals surface area contributed by atoms with Crippen LogP contribution in [0.1, 0.15) is 48.1 Å². The smallest absolute Gasteiger partial charge is 0.290 e. The van der Waals surface area contributed by atoms with Crippen molar-refractivity contribution in [1.82, 2.24) is 10.5 Å². The molecule has 0 saturated carbocycles. The zero-order valence-electron chi connectivity index (χ0n) is 12.8. The summed E-state index contributed by atoms with van der Waals surface area (Å²) in [5.41, 5.74) is 7.67. The maximum absolute atomic E-state index is 12.3. The van der Waals surface area contributed by atoms with Gasteiger partial charge in [0, 0.05) is 23.7 Å². The van der Waals surface area contributed by atoms with E-state index in [4.69, 9.17) is 15.0 Å². The normalized spacial score (nSPS) is 19.1. The average molecular weight is 301 g/mol. The molecule has 1 aliphatic rings. The summed E-state index contributed by atoms with van der Waals surface area (Å²) in [5, 5.41) is 6.72. The van der Waals surface area contributed by atoms with Crippen LogP contribution in [0, 0.1) is 6.92 Å². The molecule has 2 aromatic rings. The molecule has 1 amide bonds. The molecule has 0 saturated heterocycles. The van der Waals surface area contributed by atoms with E-state index in [-0.39, 0.29) is 23.3 Å². The molecule has 1 atom stereocenters. The van der Waals surface area contributed by atoms with Gasteiger partial charge in [0.2, 0.25) is 5.76 Å². The number of hydrogen-bond donors (Lipinski definition) is 2. The van der Waals surface area contributed by atoms with E-state index in [9.17, 15) is 4.79 Å². The molecule has 0 aliphatic carbocycles. The van der Waals surface area contributed by atoms with Gasteiger partial charge in [-0.05, 0) is 39.0 Å². The van der Waals surface area contributed by atoms with E-state index in [0.29, 0.717) is 17.8 Å². The molecule has 22 heavy (non-hydrogen) atoms. The molecular formula is C16H19N3O3. The van der Waals surface area contributed by atoms with Crippen molar-refractivity contribution in [3.63, 3.8) is 0 Å². The van der Waals surface area contributed by atoms with E-state index in [2.05, 4.69) is 10.5 Å². The SMILES string of the molecule is Cc1cc(C(=O)NC2CC(C)(C)Oc3ccc(N)cc32)on1. The number of nitrogens with two attached hydrogens (primary N) is 1. The number of nitrogens with zero attached hydrogens (tertiary/aromatic N) is 1. The van der Waals surface area contributed by atoms with E-state index >= 15 is 0 Å². The molecule has 0 bridgehead atoms. The quantitative estimate of drug-likeness (QED) is 0.832. The Kier molecular flexibility index (Phi) is 3.31. The maximum Gasteiger partial charge on any atom is 0.290 e. The number of carbonyl (C=O) groups excluding carboxylic acids is 1. The lowest BCUT2D eigenvalue weighted by Gasteiger charge is -2.37. The van der Waals surface area contributed by atoms with Crippen LogP contribution >= 0.6 is 0 Å². The summed E-state index contributed by atoms with van der Waals surface area (Å²) in [6.07, 6.45) is 0.641. The number of benzene rings is 1. The number of hydrogen-bond acceptors (Lipinski definition) is 5. The number of aromatic nitrogens is 1.